The maximum Gasteiger partial charge on any atom is 0.266 e. The SMILES string of the molecule is NNC(=O)c1ccc(Cn2cc(Br)ccc2=O)nc1. The predicted molar refractivity (Wildman–Crippen MR) is 73.4 cm³/mol. The second-order valence-corrected chi connectivity index (χ2v) is 4.74. The molecular formula is C12H11BrN4O2. The van der Waals surface area contributed by atoms with Gasteiger partial charge in [0.1, 0.15) is 0 Å². The minimum absolute atomic E-state index is 0.117. The van der Waals surface area contributed by atoms with Gasteiger partial charge in [-0.3, -0.25) is 20.0 Å². The molecule has 2 aromatic rings. The Morgan fingerprint density at radius 2 is 2.16 bits per heavy atom. The fourth-order valence-corrected chi connectivity index (χ4v) is 1.92. The molecule has 98 valence electrons. The quantitative estimate of drug-likeness (QED) is 0.493. The van der Waals surface area contributed by atoms with Crippen LogP contribution in [0.25, 0.3) is 0 Å². The molecule has 0 saturated carbocycles. The first-order valence-electron chi connectivity index (χ1n) is 5.42. The number of hydrogen-bond donors (Lipinski definition) is 2. The number of rotatable bonds is 3. The van der Waals surface area contributed by atoms with Crippen molar-refractivity contribution in [2.24, 2.45) is 5.84 Å². The summed E-state index contributed by atoms with van der Waals surface area (Å²) in [5.74, 6) is 4.62. The summed E-state index contributed by atoms with van der Waals surface area (Å²) in [6.07, 6.45) is 3.10. The van der Waals surface area contributed by atoms with E-state index < -0.39 is 5.91 Å². The number of aromatic nitrogens is 2. The van der Waals surface area contributed by atoms with Crippen LogP contribution in [0, 0.1) is 0 Å². The molecule has 0 aliphatic heterocycles. The van der Waals surface area contributed by atoms with E-state index >= 15 is 0 Å². The van der Waals surface area contributed by atoms with Crippen molar-refractivity contribution in [3.63, 3.8) is 0 Å². The van der Waals surface area contributed by atoms with Crippen molar-refractivity contribution in [2.75, 3.05) is 0 Å². The molecule has 19 heavy (non-hydrogen) atoms. The van der Waals surface area contributed by atoms with Gasteiger partial charge in [-0.05, 0) is 34.1 Å². The highest BCUT2D eigenvalue weighted by Crippen LogP contribution is 2.07. The smallest absolute Gasteiger partial charge is 0.266 e. The Morgan fingerprint density at radius 1 is 1.37 bits per heavy atom. The molecule has 0 fully saturated rings. The molecule has 1 amide bonds. The van der Waals surface area contributed by atoms with Gasteiger partial charge in [0, 0.05) is 22.9 Å². The van der Waals surface area contributed by atoms with Gasteiger partial charge in [-0.25, -0.2) is 5.84 Å². The molecule has 2 aromatic heterocycles. The molecule has 0 aliphatic rings. The van der Waals surface area contributed by atoms with Crippen molar-refractivity contribution in [2.45, 2.75) is 6.54 Å². The van der Waals surface area contributed by atoms with E-state index in [1.165, 1.54) is 16.8 Å². The molecule has 0 unspecified atom stereocenters. The summed E-state index contributed by atoms with van der Waals surface area (Å²) >= 11 is 3.30. The fraction of sp³-hybridized carbons (Fsp3) is 0.0833. The van der Waals surface area contributed by atoms with Crippen LogP contribution in [0.15, 0.2) is 45.9 Å². The van der Waals surface area contributed by atoms with E-state index in [1.807, 2.05) is 5.43 Å². The molecule has 0 bridgehead atoms. The minimum Gasteiger partial charge on any atom is -0.308 e. The van der Waals surface area contributed by atoms with Crippen LogP contribution in [0.5, 0.6) is 0 Å². The number of nitrogens with two attached hydrogens (primary N) is 1. The van der Waals surface area contributed by atoms with Gasteiger partial charge < -0.3 is 4.57 Å². The van der Waals surface area contributed by atoms with Crippen LogP contribution in [0.2, 0.25) is 0 Å². The monoisotopic (exact) mass is 322 g/mol. The van der Waals surface area contributed by atoms with Crippen molar-refractivity contribution in [1.82, 2.24) is 15.0 Å². The maximum absolute atomic E-state index is 11.6. The van der Waals surface area contributed by atoms with E-state index in [2.05, 4.69) is 20.9 Å². The Kier molecular flexibility index (Phi) is 4.08. The number of carbonyl (C=O) groups excluding carboxylic acids is 1. The third kappa shape index (κ3) is 3.27. The van der Waals surface area contributed by atoms with Gasteiger partial charge in [-0.1, -0.05) is 0 Å². The lowest BCUT2D eigenvalue weighted by atomic mass is 10.2. The topological polar surface area (TPSA) is 90.0 Å². The highest BCUT2D eigenvalue weighted by molar-refractivity contribution is 9.10. The highest BCUT2D eigenvalue weighted by atomic mass is 79.9. The maximum atomic E-state index is 11.6. The van der Waals surface area contributed by atoms with Crippen LogP contribution in [0.3, 0.4) is 0 Å². The molecule has 2 rings (SSSR count). The number of hydrazine groups is 1. The first kappa shape index (κ1) is 13.4. The normalized spacial score (nSPS) is 10.2. The number of halogens is 1. The highest BCUT2D eigenvalue weighted by Gasteiger charge is 2.05. The Hall–Kier alpha value is -1.99. The van der Waals surface area contributed by atoms with Gasteiger partial charge in [0.15, 0.2) is 0 Å². The number of hydrogen-bond acceptors (Lipinski definition) is 4. The summed E-state index contributed by atoms with van der Waals surface area (Å²) in [7, 11) is 0. The lowest BCUT2D eigenvalue weighted by Crippen LogP contribution is -2.30. The van der Waals surface area contributed by atoms with E-state index in [4.69, 9.17) is 5.84 Å². The average Bonchev–Trinajstić information content (AvgIpc) is 2.43. The van der Waals surface area contributed by atoms with Crippen molar-refractivity contribution in [3.8, 4) is 0 Å². The standard InChI is InChI=1S/C12H11BrN4O2/c13-9-2-4-11(18)17(6-9)7-10-3-1-8(5-15-10)12(19)16-14/h1-6H,7,14H2,(H,16,19). The lowest BCUT2D eigenvalue weighted by molar-refractivity contribution is 0.0953. The van der Waals surface area contributed by atoms with Gasteiger partial charge in [-0.2, -0.15) is 0 Å². The summed E-state index contributed by atoms with van der Waals surface area (Å²) < 4.78 is 2.33. The van der Waals surface area contributed by atoms with Crippen molar-refractivity contribution >= 4 is 21.8 Å². The summed E-state index contributed by atoms with van der Waals surface area (Å²) in [4.78, 5) is 27.0. The second kappa shape index (κ2) is 5.77. The summed E-state index contributed by atoms with van der Waals surface area (Å²) in [6.45, 7) is 0.336. The Balaban J connectivity index is 2.22. The van der Waals surface area contributed by atoms with Crippen LogP contribution in [0.4, 0.5) is 0 Å². The van der Waals surface area contributed by atoms with Crippen molar-refractivity contribution in [3.05, 3.63) is 62.7 Å². The Bertz CT molecular complexity index is 652. The van der Waals surface area contributed by atoms with E-state index in [-0.39, 0.29) is 5.56 Å². The summed E-state index contributed by atoms with van der Waals surface area (Å²) in [5.41, 5.74) is 2.95. The molecule has 0 spiro atoms. The van der Waals surface area contributed by atoms with Gasteiger partial charge in [0.05, 0.1) is 17.8 Å². The molecule has 2 heterocycles. The van der Waals surface area contributed by atoms with E-state index in [1.54, 1.807) is 24.4 Å². The molecule has 7 heteroatoms. The van der Waals surface area contributed by atoms with Gasteiger partial charge in [0.25, 0.3) is 11.5 Å². The van der Waals surface area contributed by atoms with Crippen LogP contribution < -0.4 is 16.8 Å². The molecular weight excluding hydrogens is 312 g/mol. The second-order valence-electron chi connectivity index (χ2n) is 3.83. The van der Waals surface area contributed by atoms with Gasteiger partial charge >= 0.3 is 0 Å². The van der Waals surface area contributed by atoms with E-state index in [0.29, 0.717) is 17.8 Å². The molecule has 0 aromatic carbocycles. The number of nitrogen functional groups attached to an aromatic ring is 1. The zero-order chi connectivity index (χ0) is 13.8. The van der Waals surface area contributed by atoms with Crippen LogP contribution >= 0.6 is 15.9 Å². The van der Waals surface area contributed by atoms with Crippen LogP contribution in [-0.2, 0) is 6.54 Å². The molecule has 6 nitrogen and oxygen atoms in total. The Morgan fingerprint density at radius 3 is 2.79 bits per heavy atom. The van der Waals surface area contributed by atoms with Crippen molar-refractivity contribution < 1.29 is 4.79 Å². The summed E-state index contributed by atoms with van der Waals surface area (Å²) in [5, 5.41) is 0. The summed E-state index contributed by atoms with van der Waals surface area (Å²) in [6, 6.07) is 6.44. The molecule has 0 atom stereocenters. The molecule has 0 aliphatic carbocycles. The largest absolute Gasteiger partial charge is 0.308 e. The van der Waals surface area contributed by atoms with Crippen LogP contribution in [-0.4, -0.2) is 15.5 Å². The zero-order valence-electron chi connectivity index (χ0n) is 9.84. The van der Waals surface area contributed by atoms with Gasteiger partial charge in [0.2, 0.25) is 0 Å². The van der Waals surface area contributed by atoms with Crippen molar-refractivity contribution in [1.29, 1.82) is 0 Å². The third-order valence-electron chi connectivity index (χ3n) is 2.50. The minimum atomic E-state index is -0.404. The number of nitrogens with zero attached hydrogens (tertiary/aromatic N) is 2. The first-order chi connectivity index (χ1) is 9.10. The van der Waals surface area contributed by atoms with E-state index in [9.17, 15) is 9.59 Å². The number of amides is 1. The van der Waals surface area contributed by atoms with Gasteiger partial charge in [-0.15, -0.1) is 0 Å². The number of carbonyl (C=O) groups is 1. The Labute approximate surface area is 117 Å². The van der Waals surface area contributed by atoms with E-state index in [0.717, 1.165) is 4.47 Å². The molecule has 0 radical (unpaired) electrons. The zero-order valence-corrected chi connectivity index (χ0v) is 11.4. The number of pyridine rings is 2. The first-order valence-corrected chi connectivity index (χ1v) is 6.21. The third-order valence-corrected chi connectivity index (χ3v) is 2.97. The molecule has 3 N–H and O–H groups in total. The fourth-order valence-electron chi connectivity index (χ4n) is 1.54. The average molecular weight is 323 g/mol. The predicted octanol–water partition coefficient (Wildman–Crippen LogP) is 0.658. The lowest BCUT2D eigenvalue weighted by Gasteiger charge is -2.06. The number of nitrogens with one attached hydrogen (secondary N) is 1. The molecule has 0 saturated heterocycles. The van der Waals surface area contributed by atoms with Crippen LogP contribution in [0.1, 0.15) is 16.1 Å².